The van der Waals surface area contributed by atoms with Gasteiger partial charge in [0.1, 0.15) is 0 Å². The van der Waals surface area contributed by atoms with E-state index in [4.69, 9.17) is 5.11 Å². The maximum Gasteiger partial charge on any atom is 0.343 e. The van der Waals surface area contributed by atoms with Gasteiger partial charge in [-0.3, -0.25) is 4.79 Å². The molecule has 0 amide bonds. The number of aliphatic hydroxyl groups is 1. The smallest absolute Gasteiger partial charge is 0.343 e. The quantitative estimate of drug-likeness (QED) is 0.470. The Hall–Kier alpha value is -0.900. The van der Waals surface area contributed by atoms with Crippen LogP contribution in [0.4, 0.5) is 0 Å². The lowest BCUT2D eigenvalue weighted by atomic mass is 9.92. The number of hydrogen-bond donors (Lipinski definition) is 2. The number of carboxylic acids is 1. The largest absolute Gasteiger partial charge is 0.479 e. The second-order valence-corrected chi connectivity index (χ2v) is 4.24. The van der Waals surface area contributed by atoms with Gasteiger partial charge in [-0.2, -0.15) is 0 Å². The highest BCUT2D eigenvalue weighted by Crippen LogP contribution is 2.18. The Morgan fingerprint density at radius 3 is 2.00 bits per heavy atom. The van der Waals surface area contributed by atoms with E-state index < -0.39 is 17.4 Å². The normalized spacial score (nSPS) is 14.4. The number of carboxylic acid groups (broad SMARTS) is 1. The maximum atomic E-state index is 11.0. The molecule has 0 aromatic carbocycles. The van der Waals surface area contributed by atoms with Gasteiger partial charge >= 0.3 is 5.97 Å². The number of carbonyl (C=O) groups is 2. The van der Waals surface area contributed by atoms with Crippen molar-refractivity contribution in [3.05, 3.63) is 0 Å². The summed E-state index contributed by atoms with van der Waals surface area (Å²) in [5.74, 6) is -2.12. The standard InChI is InChI=1S/C12H22O4/c1-3-4-5-6-7-8-9-12(16,10(2)13)11(14)15/h16H,3-9H2,1-2H3,(H,14,15). The molecule has 2 N–H and O–H groups in total. The van der Waals surface area contributed by atoms with Crippen LogP contribution in [0.15, 0.2) is 0 Å². The van der Waals surface area contributed by atoms with E-state index in [1.165, 1.54) is 6.42 Å². The molecule has 0 aliphatic heterocycles. The second kappa shape index (κ2) is 7.39. The van der Waals surface area contributed by atoms with Gasteiger partial charge in [0.05, 0.1) is 0 Å². The van der Waals surface area contributed by atoms with Crippen LogP contribution in [0.2, 0.25) is 0 Å². The van der Waals surface area contributed by atoms with Crippen LogP contribution in [0, 0.1) is 0 Å². The average Bonchev–Trinajstić information content (AvgIpc) is 2.22. The van der Waals surface area contributed by atoms with Crippen LogP contribution in [0.25, 0.3) is 0 Å². The molecule has 0 rings (SSSR count). The van der Waals surface area contributed by atoms with Crippen molar-refractivity contribution in [3.8, 4) is 0 Å². The van der Waals surface area contributed by atoms with Crippen LogP contribution < -0.4 is 0 Å². The fraction of sp³-hybridized carbons (Fsp3) is 0.833. The van der Waals surface area contributed by atoms with Crippen LogP contribution >= 0.6 is 0 Å². The maximum absolute atomic E-state index is 11.0. The van der Waals surface area contributed by atoms with E-state index in [1.807, 2.05) is 0 Å². The molecule has 94 valence electrons. The molecule has 0 aliphatic rings. The molecule has 0 bridgehead atoms. The lowest BCUT2D eigenvalue weighted by Gasteiger charge is -2.19. The number of Topliss-reactive ketones (excluding diaryl/α,β-unsaturated/α-hetero) is 1. The molecule has 1 atom stereocenters. The summed E-state index contributed by atoms with van der Waals surface area (Å²) in [5.41, 5.74) is -2.18. The van der Waals surface area contributed by atoms with Crippen molar-refractivity contribution in [1.82, 2.24) is 0 Å². The molecular formula is C12H22O4. The Kier molecular flexibility index (Phi) is 6.97. The summed E-state index contributed by atoms with van der Waals surface area (Å²) >= 11 is 0. The topological polar surface area (TPSA) is 74.6 Å². The first-order chi connectivity index (χ1) is 7.45. The van der Waals surface area contributed by atoms with Crippen molar-refractivity contribution < 1.29 is 19.8 Å². The second-order valence-electron chi connectivity index (χ2n) is 4.24. The molecule has 0 aliphatic carbocycles. The summed E-state index contributed by atoms with van der Waals surface area (Å²) < 4.78 is 0. The third-order valence-corrected chi connectivity index (χ3v) is 2.83. The number of hydrogen-bond acceptors (Lipinski definition) is 3. The van der Waals surface area contributed by atoms with Crippen LogP contribution in [0.5, 0.6) is 0 Å². The van der Waals surface area contributed by atoms with E-state index in [0.29, 0.717) is 6.42 Å². The van der Waals surface area contributed by atoms with E-state index in [9.17, 15) is 14.7 Å². The third kappa shape index (κ3) is 4.75. The molecule has 4 heteroatoms. The molecule has 0 radical (unpaired) electrons. The minimum atomic E-state index is -2.18. The predicted octanol–water partition coefficient (Wildman–Crippen LogP) is 2.14. The number of aliphatic carboxylic acids is 1. The van der Waals surface area contributed by atoms with Crippen molar-refractivity contribution in [3.63, 3.8) is 0 Å². The first-order valence-corrected chi connectivity index (χ1v) is 5.92. The van der Waals surface area contributed by atoms with E-state index in [-0.39, 0.29) is 6.42 Å². The van der Waals surface area contributed by atoms with Crippen LogP contribution in [0.1, 0.15) is 58.8 Å². The Morgan fingerprint density at radius 2 is 1.56 bits per heavy atom. The van der Waals surface area contributed by atoms with Gasteiger partial charge in [-0.25, -0.2) is 4.79 Å². The first kappa shape index (κ1) is 15.1. The molecule has 4 nitrogen and oxygen atoms in total. The first-order valence-electron chi connectivity index (χ1n) is 5.92. The summed E-state index contributed by atoms with van der Waals surface area (Å²) in [6.07, 6.45) is 5.95. The van der Waals surface area contributed by atoms with Gasteiger partial charge in [0.15, 0.2) is 5.78 Å². The van der Waals surface area contributed by atoms with Crippen molar-refractivity contribution in [2.45, 2.75) is 64.4 Å². The fourth-order valence-electron chi connectivity index (χ4n) is 1.59. The molecule has 0 aromatic heterocycles. The minimum Gasteiger partial charge on any atom is -0.479 e. The Balaban J connectivity index is 3.88. The van der Waals surface area contributed by atoms with Crippen molar-refractivity contribution in [1.29, 1.82) is 0 Å². The molecular weight excluding hydrogens is 208 g/mol. The van der Waals surface area contributed by atoms with E-state index in [1.54, 1.807) is 0 Å². The average molecular weight is 230 g/mol. The van der Waals surface area contributed by atoms with Gasteiger partial charge in [0.2, 0.25) is 5.60 Å². The zero-order valence-corrected chi connectivity index (χ0v) is 10.2. The Bertz CT molecular complexity index is 221. The lowest BCUT2D eigenvalue weighted by Crippen LogP contribution is -2.45. The number of ketones is 1. The third-order valence-electron chi connectivity index (χ3n) is 2.83. The van der Waals surface area contributed by atoms with Gasteiger partial charge in [-0.15, -0.1) is 0 Å². The molecule has 16 heavy (non-hydrogen) atoms. The molecule has 0 fully saturated rings. The zero-order chi connectivity index (χ0) is 12.6. The minimum absolute atomic E-state index is 0.0177. The van der Waals surface area contributed by atoms with Crippen molar-refractivity contribution >= 4 is 11.8 Å². The lowest BCUT2D eigenvalue weighted by molar-refractivity contribution is -0.165. The van der Waals surface area contributed by atoms with Crippen molar-refractivity contribution in [2.75, 3.05) is 0 Å². The van der Waals surface area contributed by atoms with Gasteiger partial charge in [0.25, 0.3) is 0 Å². The summed E-state index contributed by atoms with van der Waals surface area (Å²) in [6.45, 7) is 3.24. The van der Waals surface area contributed by atoms with Crippen molar-refractivity contribution in [2.24, 2.45) is 0 Å². The highest BCUT2D eigenvalue weighted by molar-refractivity contribution is 6.04. The summed E-state index contributed by atoms with van der Waals surface area (Å²) in [7, 11) is 0. The molecule has 0 spiro atoms. The van der Waals surface area contributed by atoms with Gasteiger partial charge < -0.3 is 10.2 Å². The highest BCUT2D eigenvalue weighted by Gasteiger charge is 2.40. The van der Waals surface area contributed by atoms with Gasteiger partial charge in [-0.1, -0.05) is 39.0 Å². The Labute approximate surface area is 96.7 Å². The van der Waals surface area contributed by atoms with Gasteiger partial charge in [-0.05, 0) is 19.8 Å². The Morgan fingerprint density at radius 1 is 1.06 bits per heavy atom. The van der Waals surface area contributed by atoms with E-state index >= 15 is 0 Å². The number of carbonyl (C=O) groups excluding carboxylic acids is 1. The molecule has 0 saturated carbocycles. The molecule has 0 aromatic rings. The SMILES string of the molecule is CCCCCCCCC(O)(C(C)=O)C(=O)O. The molecule has 0 saturated heterocycles. The van der Waals surface area contributed by atoms with E-state index in [2.05, 4.69) is 6.92 Å². The van der Waals surface area contributed by atoms with Crippen LogP contribution in [-0.2, 0) is 9.59 Å². The monoisotopic (exact) mass is 230 g/mol. The number of rotatable bonds is 9. The molecule has 0 heterocycles. The zero-order valence-electron chi connectivity index (χ0n) is 10.2. The van der Waals surface area contributed by atoms with Crippen LogP contribution in [-0.4, -0.2) is 27.6 Å². The molecule has 1 unspecified atom stereocenters. The summed E-state index contributed by atoms with van der Waals surface area (Å²) in [6, 6.07) is 0. The van der Waals surface area contributed by atoms with E-state index in [0.717, 1.165) is 32.6 Å². The highest BCUT2D eigenvalue weighted by atomic mass is 16.4. The number of unbranched alkanes of at least 4 members (excludes halogenated alkanes) is 5. The predicted molar refractivity (Wildman–Crippen MR) is 61.3 cm³/mol. The van der Waals surface area contributed by atoms with Gasteiger partial charge in [0, 0.05) is 0 Å². The van der Waals surface area contributed by atoms with Crippen LogP contribution in [0.3, 0.4) is 0 Å². The summed E-state index contributed by atoms with van der Waals surface area (Å²) in [5, 5.41) is 18.4. The fourth-order valence-corrected chi connectivity index (χ4v) is 1.59. The summed E-state index contributed by atoms with van der Waals surface area (Å²) in [4.78, 5) is 21.8.